The molecule has 0 unspecified atom stereocenters. The van der Waals surface area contributed by atoms with Crippen molar-refractivity contribution < 1.29 is 0 Å². The second-order valence-electron chi connectivity index (χ2n) is 10.8. The van der Waals surface area contributed by atoms with E-state index >= 15 is 0 Å². The summed E-state index contributed by atoms with van der Waals surface area (Å²) in [5, 5.41) is 7.76. The van der Waals surface area contributed by atoms with Gasteiger partial charge in [-0.05, 0) is 108 Å². The summed E-state index contributed by atoms with van der Waals surface area (Å²) in [4.78, 5) is 0. The van der Waals surface area contributed by atoms with Crippen LogP contribution in [0.4, 0.5) is 0 Å². The van der Waals surface area contributed by atoms with Crippen LogP contribution in [0.5, 0.6) is 0 Å². The van der Waals surface area contributed by atoms with Crippen LogP contribution < -0.4 is 0 Å². The number of hydrogen-bond donors (Lipinski definition) is 0. The van der Waals surface area contributed by atoms with Crippen molar-refractivity contribution in [3.63, 3.8) is 0 Å². The predicted octanol–water partition coefficient (Wildman–Crippen LogP) is 11.1. The highest BCUT2D eigenvalue weighted by molar-refractivity contribution is 6.11. The minimum absolute atomic E-state index is 1.05. The van der Waals surface area contributed by atoms with Gasteiger partial charge in [-0.2, -0.15) is 0 Å². The zero-order valence-corrected chi connectivity index (χ0v) is 22.3. The Labute approximate surface area is 234 Å². The average Bonchev–Trinajstić information content (AvgIpc) is 3.03. The van der Waals surface area contributed by atoms with E-state index in [2.05, 4.69) is 146 Å². The Morgan fingerprint density at radius 2 is 0.950 bits per heavy atom. The molecule has 0 heterocycles. The van der Waals surface area contributed by atoms with Crippen molar-refractivity contribution in [2.75, 3.05) is 0 Å². The smallest absolute Gasteiger partial charge is 0.00295 e. The van der Waals surface area contributed by atoms with Crippen LogP contribution in [-0.2, 0) is 6.42 Å². The third-order valence-corrected chi connectivity index (χ3v) is 8.48. The van der Waals surface area contributed by atoms with Crippen LogP contribution in [0.25, 0.3) is 71.8 Å². The summed E-state index contributed by atoms with van der Waals surface area (Å²) in [5.41, 5.74) is 10.6. The number of rotatable bonds is 3. The summed E-state index contributed by atoms with van der Waals surface area (Å²) in [7, 11) is 0. The van der Waals surface area contributed by atoms with E-state index in [-0.39, 0.29) is 0 Å². The minimum Gasteiger partial charge on any atom is -0.0836 e. The van der Waals surface area contributed by atoms with Crippen molar-refractivity contribution in [3.8, 4) is 33.4 Å². The monoisotopic (exact) mass is 508 g/mol. The van der Waals surface area contributed by atoms with Crippen LogP contribution in [0.2, 0.25) is 0 Å². The molecule has 0 spiro atoms. The third kappa shape index (κ3) is 3.76. The summed E-state index contributed by atoms with van der Waals surface area (Å²) in [6.07, 6.45) is 6.83. The second kappa shape index (κ2) is 9.36. The van der Waals surface area contributed by atoms with Gasteiger partial charge < -0.3 is 0 Å². The highest BCUT2D eigenvalue weighted by Crippen LogP contribution is 2.45. The highest BCUT2D eigenvalue weighted by Gasteiger charge is 2.21. The van der Waals surface area contributed by atoms with Crippen LogP contribution in [-0.4, -0.2) is 0 Å². The molecule has 0 saturated carbocycles. The Hall–Kier alpha value is -4.94. The van der Waals surface area contributed by atoms with Crippen molar-refractivity contribution in [1.29, 1.82) is 0 Å². The molecule has 188 valence electrons. The molecule has 0 bridgehead atoms. The first-order chi connectivity index (χ1) is 19.8. The van der Waals surface area contributed by atoms with Gasteiger partial charge in [0.15, 0.2) is 0 Å². The second-order valence-corrected chi connectivity index (χ2v) is 10.8. The van der Waals surface area contributed by atoms with E-state index in [1.165, 1.54) is 76.8 Å². The zero-order chi connectivity index (χ0) is 26.5. The van der Waals surface area contributed by atoms with E-state index in [9.17, 15) is 0 Å². The zero-order valence-electron chi connectivity index (χ0n) is 22.3. The van der Waals surface area contributed by atoms with E-state index in [0.29, 0.717) is 0 Å². The highest BCUT2D eigenvalue weighted by atomic mass is 14.2. The molecule has 0 amide bonds. The van der Waals surface area contributed by atoms with Gasteiger partial charge >= 0.3 is 0 Å². The summed E-state index contributed by atoms with van der Waals surface area (Å²) in [6, 6.07) is 49.1. The van der Waals surface area contributed by atoms with Gasteiger partial charge in [-0.25, -0.2) is 0 Å². The summed E-state index contributed by atoms with van der Waals surface area (Å²) in [5.74, 6) is 0. The number of fused-ring (bicyclic) bond motifs is 4. The maximum atomic E-state index is 2.39. The fraction of sp³-hybridized carbons (Fsp3) is 0.0500. The van der Waals surface area contributed by atoms with Gasteiger partial charge in [0, 0.05) is 0 Å². The van der Waals surface area contributed by atoms with Gasteiger partial charge in [-0.1, -0.05) is 127 Å². The summed E-state index contributed by atoms with van der Waals surface area (Å²) >= 11 is 0. The van der Waals surface area contributed by atoms with E-state index in [4.69, 9.17) is 0 Å². The van der Waals surface area contributed by atoms with Crippen molar-refractivity contribution in [3.05, 3.63) is 151 Å². The maximum Gasteiger partial charge on any atom is -0.00295 e. The molecular weight excluding hydrogens is 480 g/mol. The molecule has 0 aliphatic heterocycles. The molecule has 0 fully saturated rings. The lowest BCUT2D eigenvalue weighted by Crippen LogP contribution is -2.02. The SMILES string of the molecule is C1=Cc2c(c(-c3cccc(-c4ccc5ccccc5c4)c3)c3ccccc3c2-c2ccc3ccccc3c2)CC1. The maximum absolute atomic E-state index is 2.39. The van der Waals surface area contributed by atoms with E-state index < -0.39 is 0 Å². The largest absolute Gasteiger partial charge is 0.0836 e. The van der Waals surface area contributed by atoms with Gasteiger partial charge in [-0.3, -0.25) is 0 Å². The Morgan fingerprint density at radius 1 is 0.400 bits per heavy atom. The molecule has 0 N–H and O–H groups in total. The van der Waals surface area contributed by atoms with Crippen molar-refractivity contribution in [2.45, 2.75) is 12.8 Å². The molecule has 0 radical (unpaired) electrons. The molecule has 0 heteroatoms. The Morgan fingerprint density at radius 3 is 1.70 bits per heavy atom. The van der Waals surface area contributed by atoms with Gasteiger partial charge in [0.25, 0.3) is 0 Å². The van der Waals surface area contributed by atoms with Gasteiger partial charge in [0.2, 0.25) is 0 Å². The number of benzene rings is 7. The topological polar surface area (TPSA) is 0 Å². The van der Waals surface area contributed by atoms with Crippen LogP contribution in [0, 0.1) is 0 Å². The molecule has 0 nitrogen and oxygen atoms in total. The van der Waals surface area contributed by atoms with Gasteiger partial charge in [0.1, 0.15) is 0 Å². The Bertz CT molecular complexity index is 2110. The standard InChI is InChI=1S/C40H28/c1-3-12-29-24-32(22-20-27(29)10-1)31-14-9-15-33(26-31)39-35-16-5-7-18-37(35)40(38-19-8-6-17-36(38)39)34-23-21-28-11-2-4-13-30(28)25-34/h1-5,7-16,18-26H,6,17H2. The van der Waals surface area contributed by atoms with Gasteiger partial charge in [0.05, 0.1) is 0 Å². The summed E-state index contributed by atoms with van der Waals surface area (Å²) < 4.78 is 0. The first-order valence-corrected chi connectivity index (χ1v) is 14.2. The fourth-order valence-electron chi connectivity index (χ4n) is 6.59. The fourth-order valence-corrected chi connectivity index (χ4v) is 6.59. The van der Waals surface area contributed by atoms with Crippen LogP contribution in [0.3, 0.4) is 0 Å². The van der Waals surface area contributed by atoms with Crippen molar-refractivity contribution in [1.82, 2.24) is 0 Å². The predicted molar refractivity (Wildman–Crippen MR) is 173 cm³/mol. The third-order valence-electron chi connectivity index (χ3n) is 8.48. The lowest BCUT2D eigenvalue weighted by Gasteiger charge is -2.24. The van der Waals surface area contributed by atoms with Crippen molar-refractivity contribution in [2.24, 2.45) is 0 Å². The van der Waals surface area contributed by atoms with Crippen LogP contribution in [0.15, 0.2) is 140 Å². The first-order valence-electron chi connectivity index (χ1n) is 14.2. The molecular formula is C40H28. The molecule has 0 aromatic heterocycles. The van der Waals surface area contributed by atoms with E-state index in [1.807, 2.05) is 0 Å². The molecule has 0 saturated heterocycles. The Balaban J connectivity index is 1.37. The number of allylic oxidation sites excluding steroid dienone is 1. The quantitative estimate of drug-likeness (QED) is 0.223. The van der Waals surface area contributed by atoms with Crippen LogP contribution in [0.1, 0.15) is 17.5 Å². The molecule has 7 aromatic carbocycles. The minimum atomic E-state index is 1.05. The van der Waals surface area contributed by atoms with Crippen LogP contribution >= 0.6 is 0 Å². The Kier molecular flexibility index (Phi) is 5.38. The first kappa shape index (κ1) is 23.0. The lowest BCUT2D eigenvalue weighted by atomic mass is 9.80. The van der Waals surface area contributed by atoms with E-state index in [1.54, 1.807) is 0 Å². The van der Waals surface area contributed by atoms with Crippen molar-refractivity contribution >= 4 is 38.4 Å². The van der Waals surface area contributed by atoms with E-state index in [0.717, 1.165) is 12.8 Å². The normalized spacial score (nSPS) is 12.7. The summed E-state index contributed by atoms with van der Waals surface area (Å²) in [6.45, 7) is 0. The lowest BCUT2D eigenvalue weighted by molar-refractivity contribution is 0.991. The molecule has 40 heavy (non-hydrogen) atoms. The molecule has 0 atom stereocenters. The molecule has 8 rings (SSSR count). The average molecular weight is 509 g/mol. The van der Waals surface area contributed by atoms with Gasteiger partial charge in [-0.15, -0.1) is 0 Å². The molecule has 1 aliphatic rings. The number of hydrogen-bond acceptors (Lipinski definition) is 0. The molecule has 1 aliphatic carbocycles. The molecule has 7 aromatic rings.